The lowest BCUT2D eigenvalue weighted by atomic mass is 10.2. The smallest absolute Gasteiger partial charge is 0.323 e. The predicted molar refractivity (Wildman–Crippen MR) is 67.4 cm³/mol. The SMILES string of the molecule is COCCN(CC(=O)O)C(=O)c1ccnc(Br)c1. The molecule has 0 aliphatic carbocycles. The van der Waals surface area contributed by atoms with Crippen LogP contribution in [0.4, 0.5) is 0 Å². The minimum atomic E-state index is -1.06. The van der Waals surface area contributed by atoms with Gasteiger partial charge in [-0.3, -0.25) is 9.59 Å². The topological polar surface area (TPSA) is 79.7 Å². The molecule has 0 saturated carbocycles. The number of rotatable bonds is 6. The maximum absolute atomic E-state index is 12.1. The number of halogens is 1. The summed E-state index contributed by atoms with van der Waals surface area (Å²) in [5.41, 5.74) is 0.384. The molecule has 1 N–H and O–H groups in total. The first-order valence-electron chi connectivity index (χ1n) is 5.16. The number of aromatic nitrogens is 1. The van der Waals surface area contributed by atoms with Gasteiger partial charge in [0.25, 0.3) is 5.91 Å². The monoisotopic (exact) mass is 316 g/mol. The fraction of sp³-hybridized carbons (Fsp3) is 0.364. The van der Waals surface area contributed by atoms with Crippen molar-refractivity contribution in [3.05, 3.63) is 28.5 Å². The van der Waals surface area contributed by atoms with Crippen molar-refractivity contribution in [2.24, 2.45) is 0 Å². The molecule has 0 saturated heterocycles. The van der Waals surface area contributed by atoms with Crippen molar-refractivity contribution in [2.75, 3.05) is 26.8 Å². The Balaban J connectivity index is 2.83. The highest BCUT2D eigenvalue weighted by molar-refractivity contribution is 9.10. The van der Waals surface area contributed by atoms with Crippen LogP contribution in [0.3, 0.4) is 0 Å². The molecule has 0 radical (unpaired) electrons. The number of aliphatic carboxylic acids is 1. The van der Waals surface area contributed by atoms with Gasteiger partial charge in [0.1, 0.15) is 11.1 Å². The van der Waals surface area contributed by atoms with Crippen molar-refractivity contribution in [3.63, 3.8) is 0 Å². The summed E-state index contributed by atoms with van der Waals surface area (Å²) < 4.78 is 5.38. The molecule has 18 heavy (non-hydrogen) atoms. The molecule has 1 aromatic rings. The van der Waals surface area contributed by atoms with E-state index in [4.69, 9.17) is 9.84 Å². The van der Waals surface area contributed by atoms with E-state index in [9.17, 15) is 9.59 Å². The number of carboxylic acids is 1. The van der Waals surface area contributed by atoms with Crippen molar-refractivity contribution >= 4 is 27.8 Å². The second-order valence-corrected chi connectivity index (χ2v) is 4.29. The third-order valence-corrected chi connectivity index (χ3v) is 2.59. The van der Waals surface area contributed by atoms with Gasteiger partial charge in [-0.15, -0.1) is 0 Å². The van der Waals surface area contributed by atoms with E-state index in [2.05, 4.69) is 20.9 Å². The highest BCUT2D eigenvalue weighted by Crippen LogP contribution is 2.10. The van der Waals surface area contributed by atoms with Crippen LogP contribution < -0.4 is 0 Å². The number of nitrogens with zero attached hydrogens (tertiary/aromatic N) is 2. The molecular formula is C11H13BrN2O4. The lowest BCUT2D eigenvalue weighted by Gasteiger charge is -2.20. The number of hydrogen-bond acceptors (Lipinski definition) is 4. The summed E-state index contributed by atoms with van der Waals surface area (Å²) >= 11 is 3.16. The Morgan fingerprint density at radius 3 is 2.83 bits per heavy atom. The van der Waals surface area contributed by atoms with Crippen LogP contribution in [0.15, 0.2) is 22.9 Å². The number of amides is 1. The van der Waals surface area contributed by atoms with Crippen molar-refractivity contribution in [1.29, 1.82) is 0 Å². The normalized spacial score (nSPS) is 10.1. The van der Waals surface area contributed by atoms with E-state index >= 15 is 0 Å². The summed E-state index contributed by atoms with van der Waals surface area (Å²) in [6.07, 6.45) is 1.48. The van der Waals surface area contributed by atoms with Crippen molar-refractivity contribution in [3.8, 4) is 0 Å². The number of ether oxygens (including phenoxy) is 1. The van der Waals surface area contributed by atoms with Crippen LogP contribution in [0.2, 0.25) is 0 Å². The van der Waals surface area contributed by atoms with Gasteiger partial charge in [0, 0.05) is 25.4 Å². The number of carbonyl (C=O) groups is 2. The number of carboxylic acid groups (broad SMARTS) is 1. The second-order valence-electron chi connectivity index (χ2n) is 3.48. The van der Waals surface area contributed by atoms with Crippen LogP contribution in [0.25, 0.3) is 0 Å². The minimum absolute atomic E-state index is 0.224. The van der Waals surface area contributed by atoms with Gasteiger partial charge in [0.05, 0.1) is 6.61 Å². The Morgan fingerprint density at radius 1 is 1.56 bits per heavy atom. The molecule has 0 unspecified atom stereocenters. The predicted octanol–water partition coefficient (Wildman–Crippen LogP) is 1.02. The Kier molecular flexibility index (Phi) is 5.73. The quantitative estimate of drug-likeness (QED) is 0.792. The van der Waals surface area contributed by atoms with Gasteiger partial charge in [-0.25, -0.2) is 4.98 Å². The third-order valence-electron chi connectivity index (χ3n) is 2.15. The summed E-state index contributed by atoms with van der Waals surface area (Å²) in [7, 11) is 1.49. The molecule has 0 aliphatic heterocycles. The summed E-state index contributed by atoms with van der Waals surface area (Å²) in [5, 5.41) is 8.78. The Morgan fingerprint density at radius 2 is 2.28 bits per heavy atom. The minimum Gasteiger partial charge on any atom is -0.480 e. The first-order valence-corrected chi connectivity index (χ1v) is 5.95. The molecule has 1 aromatic heterocycles. The zero-order valence-corrected chi connectivity index (χ0v) is 11.4. The van der Waals surface area contributed by atoms with E-state index < -0.39 is 5.97 Å². The second kappa shape index (κ2) is 7.07. The Bertz CT molecular complexity index is 439. The number of hydrogen-bond donors (Lipinski definition) is 1. The van der Waals surface area contributed by atoms with Gasteiger partial charge in [-0.05, 0) is 28.1 Å². The zero-order chi connectivity index (χ0) is 13.5. The van der Waals surface area contributed by atoms with Crippen LogP contribution in [0.5, 0.6) is 0 Å². The number of pyridine rings is 1. The first-order chi connectivity index (χ1) is 8.54. The van der Waals surface area contributed by atoms with Crippen molar-refractivity contribution in [1.82, 2.24) is 9.88 Å². The van der Waals surface area contributed by atoms with E-state index in [1.54, 1.807) is 6.07 Å². The summed E-state index contributed by atoms with van der Waals surface area (Å²) in [6, 6.07) is 3.08. The van der Waals surface area contributed by atoms with Gasteiger partial charge < -0.3 is 14.7 Å². The van der Waals surface area contributed by atoms with Crippen LogP contribution in [-0.4, -0.2) is 53.7 Å². The molecule has 1 rings (SSSR count). The van der Waals surface area contributed by atoms with Crippen LogP contribution in [0, 0.1) is 0 Å². The molecular weight excluding hydrogens is 304 g/mol. The van der Waals surface area contributed by atoms with Crippen LogP contribution in [0.1, 0.15) is 10.4 Å². The number of methoxy groups -OCH3 is 1. The van der Waals surface area contributed by atoms with Gasteiger partial charge in [-0.2, -0.15) is 0 Å². The summed E-state index contributed by atoms with van der Waals surface area (Å²) in [4.78, 5) is 27.9. The van der Waals surface area contributed by atoms with Crippen LogP contribution >= 0.6 is 15.9 Å². The molecule has 0 fully saturated rings. The zero-order valence-electron chi connectivity index (χ0n) is 9.80. The average molecular weight is 317 g/mol. The van der Waals surface area contributed by atoms with Gasteiger partial charge in [0.2, 0.25) is 0 Å². The lowest BCUT2D eigenvalue weighted by Crippen LogP contribution is -2.38. The largest absolute Gasteiger partial charge is 0.480 e. The Labute approximate surface area is 113 Å². The van der Waals surface area contributed by atoms with E-state index in [-0.39, 0.29) is 25.6 Å². The molecule has 0 spiro atoms. The molecule has 0 aliphatic rings. The molecule has 0 aromatic carbocycles. The highest BCUT2D eigenvalue weighted by Gasteiger charge is 2.18. The van der Waals surface area contributed by atoms with E-state index in [1.165, 1.54) is 24.3 Å². The number of carbonyl (C=O) groups excluding carboxylic acids is 1. The van der Waals surface area contributed by atoms with Gasteiger partial charge in [-0.1, -0.05) is 0 Å². The van der Waals surface area contributed by atoms with Gasteiger partial charge in [0.15, 0.2) is 0 Å². The highest BCUT2D eigenvalue weighted by atomic mass is 79.9. The molecule has 6 nitrogen and oxygen atoms in total. The molecule has 0 atom stereocenters. The maximum atomic E-state index is 12.1. The molecule has 7 heteroatoms. The van der Waals surface area contributed by atoms with Crippen molar-refractivity contribution in [2.45, 2.75) is 0 Å². The first kappa shape index (κ1) is 14.6. The standard InChI is InChI=1S/C11H13BrN2O4/c1-18-5-4-14(7-10(15)16)11(17)8-2-3-13-9(12)6-8/h2-3,6H,4-5,7H2,1H3,(H,15,16). The molecule has 1 amide bonds. The Hall–Kier alpha value is -1.47. The van der Waals surface area contributed by atoms with E-state index in [0.717, 1.165) is 0 Å². The van der Waals surface area contributed by atoms with Crippen LogP contribution in [-0.2, 0) is 9.53 Å². The molecule has 1 heterocycles. The third kappa shape index (κ3) is 4.42. The van der Waals surface area contributed by atoms with E-state index in [0.29, 0.717) is 10.2 Å². The summed E-state index contributed by atoms with van der Waals surface area (Å²) in [6.45, 7) is 0.148. The average Bonchev–Trinajstić information content (AvgIpc) is 2.33. The van der Waals surface area contributed by atoms with Crippen molar-refractivity contribution < 1.29 is 19.4 Å². The molecule has 0 bridgehead atoms. The van der Waals surface area contributed by atoms with E-state index in [1.807, 2.05) is 0 Å². The summed E-state index contributed by atoms with van der Waals surface area (Å²) in [5.74, 6) is -1.43. The fourth-order valence-corrected chi connectivity index (χ4v) is 1.70. The fourth-order valence-electron chi connectivity index (χ4n) is 1.34. The molecule has 98 valence electrons. The maximum Gasteiger partial charge on any atom is 0.323 e. The van der Waals surface area contributed by atoms with Gasteiger partial charge >= 0.3 is 5.97 Å². The lowest BCUT2D eigenvalue weighted by molar-refractivity contribution is -0.137.